The summed E-state index contributed by atoms with van der Waals surface area (Å²) in [5, 5.41) is 26.0. The average molecular weight is 1090 g/mol. The lowest BCUT2D eigenvalue weighted by Gasteiger charge is -2.45. The van der Waals surface area contributed by atoms with Crippen LogP contribution in [0.5, 0.6) is 0 Å². The number of rotatable bonds is 17. The van der Waals surface area contributed by atoms with E-state index in [1.54, 1.807) is 46.4 Å². The first-order valence-corrected chi connectivity index (χ1v) is 27.0. The number of benzene rings is 4. The normalized spacial score (nSPS) is 20.1. The second-order valence-corrected chi connectivity index (χ2v) is 22.7. The fourth-order valence-corrected chi connectivity index (χ4v) is 10.1. The molecular formula is C59H79F4N7O8. The van der Waals surface area contributed by atoms with E-state index < -0.39 is 94.9 Å². The fraction of sp³-hybridized carbons (Fsp3) is 0.525. The highest BCUT2D eigenvalue weighted by atomic mass is 19.1. The molecule has 3 unspecified atom stereocenters. The lowest BCUT2D eigenvalue weighted by atomic mass is 9.93. The Morgan fingerprint density at radius 1 is 0.641 bits per heavy atom. The predicted molar refractivity (Wildman–Crippen MR) is 289 cm³/mol. The van der Waals surface area contributed by atoms with E-state index in [0.717, 1.165) is 48.2 Å². The molecule has 3 saturated heterocycles. The van der Waals surface area contributed by atoms with Crippen LogP contribution in [0.1, 0.15) is 90.0 Å². The van der Waals surface area contributed by atoms with Crippen molar-refractivity contribution in [1.29, 1.82) is 0 Å². The number of aliphatic hydroxyl groups is 2. The van der Waals surface area contributed by atoms with Crippen molar-refractivity contribution < 1.29 is 56.4 Å². The molecule has 4 aromatic rings. The Kier molecular flexibility index (Phi) is 21.7. The molecule has 426 valence electrons. The molecule has 0 spiro atoms. The van der Waals surface area contributed by atoms with E-state index in [-0.39, 0.29) is 50.4 Å². The summed E-state index contributed by atoms with van der Waals surface area (Å²) >= 11 is 0. The molecule has 3 heterocycles. The number of nitrogens with one attached hydrogen (secondary N) is 1. The maximum Gasteiger partial charge on any atom is 0.410 e. The van der Waals surface area contributed by atoms with Gasteiger partial charge in [0.15, 0.2) is 0 Å². The van der Waals surface area contributed by atoms with Gasteiger partial charge in [0.2, 0.25) is 11.8 Å². The molecule has 7 rings (SSSR count). The highest BCUT2D eigenvalue weighted by molar-refractivity contribution is 5.89. The van der Waals surface area contributed by atoms with Gasteiger partial charge in [0.25, 0.3) is 0 Å². The van der Waals surface area contributed by atoms with E-state index >= 15 is 0 Å². The first-order valence-electron chi connectivity index (χ1n) is 27.0. The van der Waals surface area contributed by atoms with Crippen molar-refractivity contribution >= 4 is 24.0 Å². The van der Waals surface area contributed by atoms with Gasteiger partial charge in [-0.2, -0.15) is 0 Å². The molecule has 7 atom stereocenters. The number of amides is 4. The van der Waals surface area contributed by atoms with Gasteiger partial charge in [-0.05, 0) is 107 Å². The van der Waals surface area contributed by atoms with Crippen molar-refractivity contribution in [3.8, 4) is 0 Å². The van der Waals surface area contributed by atoms with Crippen LogP contribution in [0.15, 0.2) is 97.1 Å². The van der Waals surface area contributed by atoms with Gasteiger partial charge in [0, 0.05) is 90.0 Å². The number of likely N-dealkylation sites (tertiary alicyclic amines) is 1. The van der Waals surface area contributed by atoms with Crippen molar-refractivity contribution in [2.45, 2.75) is 141 Å². The molecule has 4 amide bonds. The molecule has 0 saturated carbocycles. The molecule has 5 N–H and O–H groups in total. The van der Waals surface area contributed by atoms with Gasteiger partial charge in [0.05, 0.1) is 36.3 Å². The number of nitrogens with two attached hydrogens (primary N) is 1. The van der Waals surface area contributed by atoms with Gasteiger partial charge in [-0.1, -0.05) is 74.0 Å². The second kappa shape index (κ2) is 27.7. The average Bonchev–Trinajstić information content (AvgIpc) is 3.74. The molecule has 3 aliphatic heterocycles. The lowest BCUT2D eigenvalue weighted by molar-refractivity contribution is -0.129. The van der Waals surface area contributed by atoms with Crippen LogP contribution in [-0.4, -0.2) is 159 Å². The summed E-state index contributed by atoms with van der Waals surface area (Å²) in [5.41, 5.74) is 7.59. The number of piperazine rings is 2. The molecule has 78 heavy (non-hydrogen) atoms. The molecule has 4 aromatic carbocycles. The van der Waals surface area contributed by atoms with Gasteiger partial charge in [-0.15, -0.1) is 0 Å². The van der Waals surface area contributed by atoms with E-state index in [4.69, 9.17) is 15.2 Å². The number of hydrogen-bond donors (Lipinski definition) is 4. The zero-order valence-electron chi connectivity index (χ0n) is 46.1. The molecule has 0 radical (unpaired) electrons. The van der Waals surface area contributed by atoms with Gasteiger partial charge in [-0.25, -0.2) is 27.2 Å². The molecular weight excluding hydrogens is 1010 g/mol. The van der Waals surface area contributed by atoms with Crippen LogP contribution in [0.4, 0.5) is 27.2 Å². The summed E-state index contributed by atoms with van der Waals surface area (Å²) in [7, 11) is 0. The van der Waals surface area contributed by atoms with Gasteiger partial charge in [0.1, 0.15) is 34.5 Å². The lowest BCUT2D eigenvalue weighted by Crippen LogP contribution is -2.64. The monoisotopic (exact) mass is 1090 g/mol. The summed E-state index contributed by atoms with van der Waals surface area (Å²) in [5.74, 6) is -4.12. The van der Waals surface area contributed by atoms with E-state index in [2.05, 4.69) is 15.1 Å². The fourth-order valence-electron chi connectivity index (χ4n) is 10.1. The smallest absolute Gasteiger partial charge is 0.410 e. The first kappa shape index (κ1) is 61.1. The third kappa shape index (κ3) is 18.5. The SMILES string of the molecule is CC(C)(C)OC(=O)N1CCN(Cc2ccccc2)C[C@@H]1[C@@H](O)C(N)Cc1cc(F)cc(F)c1.CCCCN1CC(C(=O)NC(Cc2cc(F)cc(F)c2)[C@H](O)[C@H]2CN(Cc3ccccc3)CCN2C(=O)OC(C)(C)C)CC1=O. The number of carbonyl (C=O) groups excluding carboxylic acids is 4. The van der Waals surface area contributed by atoms with E-state index in [9.17, 15) is 47.0 Å². The third-order valence-corrected chi connectivity index (χ3v) is 13.9. The van der Waals surface area contributed by atoms with Crippen molar-refractivity contribution in [3.05, 3.63) is 143 Å². The van der Waals surface area contributed by atoms with Crippen molar-refractivity contribution in [1.82, 2.24) is 29.8 Å². The Morgan fingerprint density at radius 3 is 1.51 bits per heavy atom. The second-order valence-electron chi connectivity index (χ2n) is 22.7. The maximum atomic E-state index is 14.2. The minimum Gasteiger partial charge on any atom is -0.444 e. The Morgan fingerprint density at radius 2 is 1.08 bits per heavy atom. The molecule has 0 aliphatic carbocycles. The third-order valence-electron chi connectivity index (χ3n) is 13.9. The summed E-state index contributed by atoms with van der Waals surface area (Å²) in [4.78, 5) is 61.4. The van der Waals surface area contributed by atoms with Crippen molar-refractivity contribution in [3.63, 3.8) is 0 Å². The zero-order valence-corrected chi connectivity index (χ0v) is 46.1. The van der Waals surface area contributed by atoms with Gasteiger partial charge in [-0.3, -0.25) is 29.2 Å². The van der Waals surface area contributed by atoms with Crippen LogP contribution in [0.2, 0.25) is 0 Å². The maximum absolute atomic E-state index is 14.2. The Bertz CT molecular complexity index is 2570. The van der Waals surface area contributed by atoms with E-state index in [0.29, 0.717) is 51.4 Å². The van der Waals surface area contributed by atoms with Crippen molar-refractivity contribution in [2.24, 2.45) is 11.7 Å². The molecule has 3 fully saturated rings. The van der Waals surface area contributed by atoms with Gasteiger partial charge < -0.3 is 35.6 Å². The first-order chi connectivity index (χ1) is 36.8. The minimum atomic E-state index is -1.33. The molecule has 0 aromatic heterocycles. The van der Waals surface area contributed by atoms with E-state index in [1.165, 1.54) is 21.9 Å². The molecule has 3 aliphatic rings. The standard InChI is InChI=1S/C34H46F2N4O5.C25H33F2N3O3/c1-5-6-12-39-21-25(18-30(39)41)32(43)37-28(17-24-15-26(35)19-27(36)16-24)31(42)29-22-38(20-23-10-8-7-9-11-23)13-14-40(29)33(44)45-34(2,3)4;1-25(2,3)33-24(32)30-10-9-29(15-17-7-5-4-6-8-17)16-22(30)23(31)21(28)13-18-11-19(26)14-20(27)12-18/h7-11,15-16,19,25,28-29,31,42H,5-6,12-14,17-18,20-22H2,1-4H3,(H,37,43);4-8,11-12,14,21-23,31H,9-10,13,15-16,28H2,1-3H3/t25?,28?,29-,31+;21?,22-,23+/m11/s1. The Labute approximate surface area is 456 Å². The van der Waals surface area contributed by atoms with Crippen LogP contribution < -0.4 is 11.1 Å². The van der Waals surface area contributed by atoms with Crippen LogP contribution in [0.3, 0.4) is 0 Å². The molecule has 19 heteroatoms. The summed E-state index contributed by atoms with van der Waals surface area (Å²) in [6.45, 7) is 17.2. The number of halogens is 4. The quantitative estimate of drug-likeness (QED) is 0.0772. The predicted octanol–water partition coefficient (Wildman–Crippen LogP) is 7.44. The Hall–Kier alpha value is -6.12. The summed E-state index contributed by atoms with van der Waals surface area (Å²) in [6, 6.07) is 22.7. The largest absolute Gasteiger partial charge is 0.444 e. The highest BCUT2D eigenvalue weighted by Gasteiger charge is 2.43. The van der Waals surface area contributed by atoms with Gasteiger partial charge >= 0.3 is 12.2 Å². The van der Waals surface area contributed by atoms with Crippen LogP contribution in [-0.2, 0) is 45.0 Å². The van der Waals surface area contributed by atoms with Crippen LogP contribution >= 0.6 is 0 Å². The van der Waals surface area contributed by atoms with Crippen LogP contribution in [0, 0.1) is 29.2 Å². The molecule has 0 bridgehead atoms. The van der Waals surface area contributed by atoms with Crippen molar-refractivity contribution in [2.75, 3.05) is 52.4 Å². The topological polar surface area (TPSA) is 181 Å². The number of hydrogen-bond acceptors (Lipinski definition) is 11. The highest BCUT2D eigenvalue weighted by Crippen LogP contribution is 2.26. The van der Waals surface area contributed by atoms with E-state index in [1.807, 2.05) is 67.6 Å². The number of aliphatic hydroxyl groups excluding tert-OH is 2. The number of unbranched alkanes of at least 4 members (excludes halogenated alkanes) is 1. The number of carbonyl (C=O) groups is 4. The summed E-state index contributed by atoms with van der Waals surface area (Å²) < 4.78 is 66.9. The minimum absolute atomic E-state index is 0.0469. The Balaban J connectivity index is 0.000000265. The zero-order chi connectivity index (χ0) is 56.9. The number of nitrogens with zero attached hydrogens (tertiary/aromatic N) is 5. The molecule has 15 nitrogen and oxygen atoms in total. The van der Waals surface area contributed by atoms with Crippen LogP contribution in [0.25, 0.3) is 0 Å². The number of ether oxygens (including phenoxy) is 2. The summed E-state index contributed by atoms with van der Waals surface area (Å²) in [6.07, 6.45) is -1.82.